The van der Waals surface area contributed by atoms with Gasteiger partial charge in [-0.25, -0.2) is 4.79 Å². The first kappa shape index (κ1) is 14.6. The fraction of sp³-hybridized carbons (Fsp3) is 0.188. The van der Waals surface area contributed by atoms with Gasteiger partial charge in [-0.3, -0.25) is 0 Å². The molecule has 2 amide bonds. The molecule has 0 saturated carbocycles. The third-order valence-corrected chi connectivity index (χ3v) is 3.56. The summed E-state index contributed by atoms with van der Waals surface area (Å²) < 4.78 is 1.03. The molecule has 2 aromatic carbocycles. The van der Waals surface area contributed by atoms with Crippen molar-refractivity contribution < 1.29 is 4.79 Å². The summed E-state index contributed by atoms with van der Waals surface area (Å²) in [5, 5.41) is 5.74. The van der Waals surface area contributed by atoms with Crippen LogP contribution in [0.15, 0.2) is 53.0 Å². The Morgan fingerprint density at radius 1 is 1.05 bits per heavy atom. The van der Waals surface area contributed by atoms with Crippen molar-refractivity contribution in [3.63, 3.8) is 0 Å². The Morgan fingerprint density at radius 3 is 2.25 bits per heavy atom. The van der Waals surface area contributed by atoms with E-state index in [9.17, 15) is 4.79 Å². The quantitative estimate of drug-likeness (QED) is 0.844. The van der Waals surface area contributed by atoms with Crippen LogP contribution in [0.3, 0.4) is 0 Å². The number of aryl methyl sites for hydroxylation is 1. The topological polar surface area (TPSA) is 41.1 Å². The molecule has 3 nitrogen and oxygen atoms in total. The molecule has 0 fully saturated rings. The number of hydrogen-bond donors (Lipinski definition) is 2. The lowest BCUT2D eigenvalue weighted by Gasteiger charge is -2.15. The third kappa shape index (κ3) is 4.10. The van der Waals surface area contributed by atoms with Crippen molar-refractivity contribution in [2.45, 2.75) is 19.9 Å². The number of carbonyl (C=O) groups is 1. The fourth-order valence-electron chi connectivity index (χ4n) is 1.84. The number of halogens is 1. The maximum absolute atomic E-state index is 11.9. The van der Waals surface area contributed by atoms with E-state index in [1.807, 2.05) is 62.4 Å². The molecule has 104 valence electrons. The van der Waals surface area contributed by atoms with Crippen LogP contribution in [0.2, 0.25) is 0 Å². The summed E-state index contributed by atoms with van der Waals surface area (Å²) >= 11 is 3.40. The zero-order chi connectivity index (χ0) is 14.5. The molecule has 2 N–H and O–H groups in total. The number of carbonyl (C=O) groups excluding carboxylic acids is 1. The number of nitrogens with one attached hydrogen (secondary N) is 2. The number of benzene rings is 2. The molecule has 0 radical (unpaired) electrons. The van der Waals surface area contributed by atoms with Crippen LogP contribution < -0.4 is 10.6 Å². The molecule has 2 aromatic rings. The van der Waals surface area contributed by atoms with Gasteiger partial charge in [-0.2, -0.15) is 0 Å². The van der Waals surface area contributed by atoms with Gasteiger partial charge in [0.2, 0.25) is 0 Å². The normalized spacial score (nSPS) is 11.8. The van der Waals surface area contributed by atoms with Crippen molar-refractivity contribution in [1.82, 2.24) is 5.32 Å². The Morgan fingerprint density at radius 2 is 1.65 bits per heavy atom. The molecule has 0 spiro atoms. The van der Waals surface area contributed by atoms with Gasteiger partial charge in [0.25, 0.3) is 0 Å². The molecule has 20 heavy (non-hydrogen) atoms. The number of anilines is 1. The van der Waals surface area contributed by atoms with E-state index in [0.29, 0.717) is 0 Å². The Balaban J connectivity index is 1.93. The van der Waals surface area contributed by atoms with Gasteiger partial charge in [-0.1, -0.05) is 45.8 Å². The minimum atomic E-state index is -0.204. The van der Waals surface area contributed by atoms with Gasteiger partial charge in [0, 0.05) is 10.2 Å². The Kier molecular flexibility index (Phi) is 4.79. The zero-order valence-corrected chi connectivity index (χ0v) is 13.1. The third-order valence-electron chi connectivity index (χ3n) is 3.03. The van der Waals surface area contributed by atoms with Crippen molar-refractivity contribution in [3.8, 4) is 0 Å². The second-order valence-electron chi connectivity index (χ2n) is 4.74. The summed E-state index contributed by atoms with van der Waals surface area (Å²) in [4.78, 5) is 11.9. The number of urea groups is 1. The van der Waals surface area contributed by atoms with E-state index in [1.54, 1.807) is 0 Å². The second-order valence-corrected chi connectivity index (χ2v) is 5.65. The van der Waals surface area contributed by atoms with Gasteiger partial charge < -0.3 is 10.6 Å². The SMILES string of the molecule is Cc1ccc(NC(=O)NC(C)c2ccc(Br)cc2)cc1. The first-order valence-corrected chi connectivity index (χ1v) is 7.23. The van der Waals surface area contributed by atoms with Crippen LogP contribution in [0, 0.1) is 6.92 Å². The minimum absolute atomic E-state index is 0.0476. The molecule has 0 heterocycles. The highest BCUT2D eigenvalue weighted by molar-refractivity contribution is 9.10. The maximum atomic E-state index is 11.9. The second kappa shape index (κ2) is 6.57. The van der Waals surface area contributed by atoms with E-state index in [1.165, 1.54) is 5.56 Å². The van der Waals surface area contributed by atoms with Gasteiger partial charge in [-0.15, -0.1) is 0 Å². The van der Waals surface area contributed by atoms with E-state index in [-0.39, 0.29) is 12.1 Å². The molecule has 0 aliphatic heterocycles. The predicted octanol–water partition coefficient (Wildman–Crippen LogP) is 4.64. The molecule has 0 saturated heterocycles. The van der Waals surface area contributed by atoms with Crippen LogP contribution in [0.5, 0.6) is 0 Å². The van der Waals surface area contributed by atoms with E-state index in [0.717, 1.165) is 15.7 Å². The molecule has 0 aliphatic rings. The van der Waals surface area contributed by atoms with Gasteiger partial charge >= 0.3 is 6.03 Å². The number of rotatable bonds is 3. The maximum Gasteiger partial charge on any atom is 0.319 e. The molecule has 0 aliphatic carbocycles. The van der Waals surface area contributed by atoms with Crippen LogP contribution in [-0.2, 0) is 0 Å². The van der Waals surface area contributed by atoms with Crippen LogP contribution in [0.1, 0.15) is 24.1 Å². The highest BCUT2D eigenvalue weighted by Crippen LogP contribution is 2.16. The average molecular weight is 333 g/mol. The van der Waals surface area contributed by atoms with E-state index in [4.69, 9.17) is 0 Å². The van der Waals surface area contributed by atoms with Gasteiger partial charge in [-0.05, 0) is 43.7 Å². The summed E-state index contributed by atoms with van der Waals surface area (Å²) in [6.45, 7) is 3.97. The first-order valence-electron chi connectivity index (χ1n) is 6.44. The predicted molar refractivity (Wildman–Crippen MR) is 85.9 cm³/mol. The molecular formula is C16H17BrN2O. The molecule has 1 unspecified atom stereocenters. The minimum Gasteiger partial charge on any atom is -0.331 e. The Labute approximate surface area is 127 Å². The summed E-state index contributed by atoms with van der Waals surface area (Å²) in [5.41, 5.74) is 3.02. The monoisotopic (exact) mass is 332 g/mol. The lowest BCUT2D eigenvalue weighted by molar-refractivity contribution is 0.249. The summed E-state index contributed by atoms with van der Waals surface area (Å²) in [5.74, 6) is 0. The van der Waals surface area contributed by atoms with Crippen molar-refractivity contribution in [2.24, 2.45) is 0 Å². The summed E-state index contributed by atoms with van der Waals surface area (Å²) in [7, 11) is 0. The van der Waals surface area contributed by atoms with Crippen molar-refractivity contribution in [3.05, 3.63) is 64.1 Å². The summed E-state index contributed by atoms with van der Waals surface area (Å²) in [6, 6.07) is 15.4. The van der Waals surface area contributed by atoms with E-state index in [2.05, 4.69) is 26.6 Å². The fourth-order valence-corrected chi connectivity index (χ4v) is 2.10. The molecule has 0 aromatic heterocycles. The first-order chi connectivity index (χ1) is 9.54. The highest BCUT2D eigenvalue weighted by atomic mass is 79.9. The van der Waals surface area contributed by atoms with E-state index < -0.39 is 0 Å². The Hall–Kier alpha value is -1.81. The number of hydrogen-bond acceptors (Lipinski definition) is 1. The molecule has 2 rings (SSSR count). The highest BCUT2D eigenvalue weighted by Gasteiger charge is 2.09. The lowest BCUT2D eigenvalue weighted by Crippen LogP contribution is -2.31. The Bertz CT molecular complexity index is 578. The smallest absolute Gasteiger partial charge is 0.319 e. The van der Waals surface area contributed by atoms with Crippen molar-refractivity contribution in [2.75, 3.05) is 5.32 Å². The standard InChI is InChI=1S/C16H17BrN2O/c1-11-3-9-15(10-4-11)19-16(20)18-12(2)13-5-7-14(17)8-6-13/h3-10,12H,1-2H3,(H2,18,19,20). The van der Waals surface area contributed by atoms with Crippen molar-refractivity contribution in [1.29, 1.82) is 0 Å². The molecular weight excluding hydrogens is 316 g/mol. The van der Waals surface area contributed by atoms with Crippen LogP contribution in [0.25, 0.3) is 0 Å². The number of amides is 2. The van der Waals surface area contributed by atoms with Gasteiger partial charge in [0.1, 0.15) is 0 Å². The van der Waals surface area contributed by atoms with Crippen LogP contribution in [0.4, 0.5) is 10.5 Å². The average Bonchev–Trinajstić information content (AvgIpc) is 2.42. The van der Waals surface area contributed by atoms with E-state index >= 15 is 0 Å². The molecule has 1 atom stereocenters. The van der Waals surface area contributed by atoms with Crippen LogP contribution >= 0.6 is 15.9 Å². The van der Waals surface area contributed by atoms with Gasteiger partial charge in [0.15, 0.2) is 0 Å². The van der Waals surface area contributed by atoms with Crippen LogP contribution in [-0.4, -0.2) is 6.03 Å². The largest absolute Gasteiger partial charge is 0.331 e. The van der Waals surface area contributed by atoms with Crippen molar-refractivity contribution >= 4 is 27.6 Å². The van der Waals surface area contributed by atoms with Gasteiger partial charge in [0.05, 0.1) is 6.04 Å². The lowest BCUT2D eigenvalue weighted by atomic mass is 10.1. The zero-order valence-electron chi connectivity index (χ0n) is 11.5. The summed E-state index contributed by atoms with van der Waals surface area (Å²) in [6.07, 6.45) is 0. The molecule has 0 bridgehead atoms. The molecule has 4 heteroatoms.